The van der Waals surface area contributed by atoms with Gasteiger partial charge >= 0.3 is 0 Å². The lowest BCUT2D eigenvalue weighted by Gasteiger charge is -2.13. The largest absolute Gasteiger partial charge is 0.392 e. The van der Waals surface area contributed by atoms with Gasteiger partial charge in [0.2, 0.25) is 0 Å². The van der Waals surface area contributed by atoms with Crippen molar-refractivity contribution in [2.75, 3.05) is 0 Å². The second kappa shape index (κ2) is 6.31. The first-order valence-electron chi connectivity index (χ1n) is 6.38. The Labute approximate surface area is 122 Å². The fourth-order valence-corrected chi connectivity index (χ4v) is 2.60. The van der Waals surface area contributed by atoms with Crippen molar-refractivity contribution < 1.29 is 5.11 Å². The van der Waals surface area contributed by atoms with Crippen LogP contribution < -0.4 is 0 Å². The fourth-order valence-electron chi connectivity index (χ4n) is 2.19. The molecule has 0 saturated heterocycles. The van der Waals surface area contributed by atoms with E-state index in [0.717, 1.165) is 10.0 Å². The van der Waals surface area contributed by atoms with Gasteiger partial charge in [-0.1, -0.05) is 23.8 Å². The second-order valence-corrected chi connectivity index (χ2v) is 5.92. The molecule has 0 spiro atoms. The number of nitrogens with zero attached hydrogens (tertiary/aromatic N) is 1. The smallest absolute Gasteiger partial charge is 0.0621 e. The number of rotatable bonds is 4. The molecule has 1 atom stereocenters. The molecule has 1 N–H and O–H groups in total. The van der Waals surface area contributed by atoms with E-state index in [2.05, 4.69) is 53.0 Å². The van der Waals surface area contributed by atoms with Gasteiger partial charge in [0, 0.05) is 23.3 Å². The van der Waals surface area contributed by atoms with Crippen molar-refractivity contribution in [2.24, 2.45) is 0 Å². The molecule has 0 aliphatic heterocycles. The number of aliphatic hydroxyl groups excluding tert-OH is 1. The molecule has 2 aromatic rings. The lowest BCUT2D eigenvalue weighted by Crippen LogP contribution is -2.15. The minimum Gasteiger partial charge on any atom is -0.392 e. The average Bonchev–Trinajstić information content (AvgIpc) is 2.34. The number of hydrogen-bond acceptors (Lipinski definition) is 2. The predicted molar refractivity (Wildman–Crippen MR) is 81.3 cm³/mol. The van der Waals surface area contributed by atoms with Crippen LogP contribution in [-0.4, -0.2) is 16.2 Å². The van der Waals surface area contributed by atoms with E-state index in [1.807, 2.05) is 6.07 Å². The number of hydrogen-bond donors (Lipinski definition) is 1. The summed E-state index contributed by atoms with van der Waals surface area (Å²) >= 11 is 3.40. The van der Waals surface area contributed by atoms with Gasteiger partial charge in [-0.05, 0) is 59.0 Å². The van der Waals surface area contributed by atoms with Crippen LogP contribution in [0, 0.1) is 13.8 Å². The van der Waals surface area contributed by atoms with Crippen molar-refractivity contribution in [3.63, 3.8) is 0 Å². The first-order chi connectivity index (χ1) is 9.04. The Bertz CT molecular complexity index is 568. The number of pyridine rings is 1. The van der Waals surface area contributed by atoms with Crippen LogP contribution in [0.4, 0.5) is 0 Å². The van der Waals surface area contributed by atoms with Gasteiger partial charge in [-0.25, -0.2) is 0 Å². The van der Waals surface area contributed by atoms with Gasteiger partial charge in [-0.15, -0.1) is 0 Å². The first kappa shape index (κ1) is 14.2. The van der Waals surface area contributed by atoms with Gasteiger partial charge in [-0.2, -0.15) is 0 Å². The topological polar surface area (TPSA) is 33.1 Å². The quantitative estimate of drug-likeness (QED) is 0.933. The highest BCUT2D eigenvalue weighted by Gasteiger charge is 2.09. The molecule has 0 fully saturated rings. The van der Waals surface area contributed by atoms with Gasteiger partial charge in [0.1, 0.15) is 0 Å². The summed E-state index contributed by atoms with van der Waals surface area (Å²) < 4.78 is 0.948. The summed E-state index contributed by atoms with van der Waals surface area (Å²) in [7, 11) is 0. The van der Waals surface area contributed by atoms with Gasteiger partial charge in [0.05, 0.1) is 6.10 Å². The van der Waals surface area contributed by atoms with Crippen LogP contribution >= 0.6 is 15.9 Å². The highest BCUT2D eigenvalue weighted by atomic mass is 79.9. The molecule has 0 amide bonds. The van der Waals surface area contributed by atoms with E-state index in [1.165, 1.54) is 16.7 Å². The molecule has 0 saturated carbocycles. The molecule has 19 heavy (non-hydrogen) atoms. The van der Waals surface area contributed by atoms with E-state index in [9.17, 15) is 5.11 Å². The zero-order chi connectivity index (χ0) is 13.8. The summed E-state index contributed by atoms with van der Waals surface area (Å²) in [4.78, 5) is 4.12. The van der Waals surface area contributed by atoms with Crippen LogP contribution in [0.25, 0.3) is 0 Å². The van der Waals surface area contributed by atoms with Crippen LogP contribution in [0.15, 0.2) is 41.1 Å². The van der Waals surface area contributed by atoms with E-state index < -0.39 is 0 Å². The van der Waals surface area contributed by atoms with Gasteiger partial charge < -0.3 is 5.11 Å². The Morgan fingerprint density at radius 2 is 1.95 bits per heavy atom. The Morgan fingerprint density at radius 3 is 2.68 bits per heavy atom. The molecule has 0 radical (unpaired) electrons. The Hall–Kier alpha value is -1.19. The monoisotopic (exact) mass is 319 g/mol. The maximum absolute atomic E-state index is 10.2. The number of halogens is 1. The van der Waals surface area contributed by atoms with E-state index in [1.54, 1.807) is 12.4 Å². The summed E-state index contributed by atoms with van der Waals surface area (Å²) in [5.74, 6) is 0. The molecule has 2 nitrogen and oxygen atoms in total. The van der Waals surface area contributed by atoms with Crippen molar-refractivity contribution in [2.45, 2.75) is 32.8 Å². The van der Waals surface area contributed by atoms with Crippen molar-refractivity contribution >= 4 is 15.9 Å². The molecular formula is C16H18BrNO. The molecule has 0 bridgehead atoms. The Morgan fingerprint density at radius 1 is 1.16 bits per heavy atom. The van der Waals surface area contributed by atoms with E-state index in [0.29, 0.717) is 12.8 Å². The summed E-state index contributed by atoms with van der Waals surface area (Å²) in [6.07, 6.45) is 4.48. The molecular weight excluding hydrogens is 302 g/mol. The molecule has 1 unspecified atom stereocenters. The number of aliphatic hydroxyl groups is 1. The molecule has 1 aromatic carbocycles. The number of benzene rings is 1. The maximum atomic E-state index is 10.2. The maximum Gasteiger partial charge on any atom is 0.0621 e. The third-order valence-corrected chi connectivity index (χ3v) is 3.63. The lowest BCUT2D eigenvalue weighted by atomic mass is 9.97. The summed E-state index contributed by atoms with van der Waals surface area (Å²) in [5.41, 5.74) is 4.73. The Balaban J connectivity index is 2.05. The van der Waals surface area contributed by atoms with Crippen LogP contribution in [-0.2, 0) is 12.8 Å². The third-order valence-electron chi connectivity index (χ3n) is 3.19. The molecule has 1 heterocycles. The van der Waals surface area contributed by atoms with Crippen molar-refractivity contribution in [1.29, 1.82) is 0 Å². The fraction of sp³-hybridized carbons (Fsp3) is 0.312. The number of aryl methyl sites for hydroxylation is 2. The van der Waals surface area contributed by atoms with E-state index in [-0.39, 0.29) is 6.10 Å². The normalized spacial score (nSPS) is 12.4. The molecule has 2 rings (SSSR count). The molecule has 0 aliphatic carbocycles. The van der Waals surface area contributed by atoms with Crippen LogP contribution in [0.5, 0.6) is 0 Å². The summed E-state index contributed by atoms with van der Waals surface area (Å²) in [5, 5.41) is 10.2. The van der Waals surface area contributed by atoms with Gasteiger partial charge in [0.25, 0.3) is 0 Å². The SMILES string of the molecule is Cc1ccc(C)c(CC(O)Cc2cncc(Br)c2)c1. The van der Waals surface area contributed by atoms with Gasteiger partial charge in [0.15, 0.2) is 0 Å². The molecule has 1 aromatic heterocycles. The third kappa shape index (κ3) is 4.15. The lowest BCUT2D eigenvalue weighted by molar-refractivity contribution is 0.175. The minimum atomic E-state index is -0.378. The average molecular weight is 320 g/mol. The zero-order valence-electron chi connectivity index (χ0n) is 11.2. The first-order valence-corrected chi connectivity index (χ1v) is 7.17. The minimum absolute atomic E-state index is 0.378. The van der Waals surface area contributed by atoms with Crippen molar-refractivity contribution in [3.05, 3.63) is 63.4 Å². The standard InChI is InChI=1S/C16H18BrNO/c1-11-3-4-12(2)14(5-11)8-16(19)7-13-6-15(17)10-18-9-13/h3-6,9-10,16,19H,7-8H2,1-2H3. The van der Waals surface area contributed by atoms with Crippen LogP contribution in [0.2, 0.25) is 0 Å². The highest BCUT2D eigenvalue weighted by Crippen LogP contribution is 2.16. The van der Waals surface area contributed by atoms with Crippen molar-refractivity contribution in [3.8, 4) is 0 Å². The summed E-state index contributed by atoms with van der Waals surface area (Å²) in [6.45, 7) is 4.16. The Kier molecular flexibility index (Phi) is 4.72. The number of aromatic nitrogens is 1. The predicted octanol–water partition coefficient (Wildman–Crippen LogP) is 3.61. The highest BCUT2D eigenvalue weighted by molar-refractivity contribution is 9.10. The zero-order valence-corrected chi connectivity index (χ0v) is 12.8. The molecule has 3 heteroatoms. The molecule has 100 valence electrons. The van der Waals surface area contributed by atoms with E-state index in [4.69, 9.17) is 0 Å². The summed E-state index contributed by atoms with van der Waals surface area (Å²) in [6, 6.07) is 8.36. The van der Waals surface area contributed by atoms with Crippen LogP contribution in [0.1, 0.15) is 22.3 Å². The van der Waals surface area contributed by atoms with Crippen LogP contribution in [0.3, 0.4) is 0 Å². The molecule has 0 aliphatic rings. The van der Waals surface area contributed by atoms with E-state index >= 15 is 0 Å². The van der Waals surface area contributed by atoms with Gasteiger partial charge in [-0.3, -0.25) is 4.98 Å². The second-order valence-electron chi connectivity index (χ2n) is 5.00. The van der Waals surface area contributed by atoms with Crippen molar-refractivity contribution in [1.82, 2.24) is 4.98 Å².